The lowest BCUT2D eigenvalue weighted by molar-refractivity contribution is 0.193. The van der Waals surface area contributed by atoms with E-state index >= 15 is 0 Å². The minimum absolute atomic E-state index is 0.672. The van der Waals surface area contributed by atoms with Crippen LogP contribution < -0.4 is 10.1 Å². The average molecular weight is 263 g/mol. The van der Waals surface area contributed by atoms with Crippen LogP contribution in [0.15, 0.2) is 18.3 Å². The van der Waals surface area contributed by atoms with E-state index in [9.17, 15) is 0 Å². The molecular formula is C15H25N3O. The lowest BCUT2D eigenvalue weighted by atomic mass is 9.99. The molecule has 106 valence electrons. The summed E-state index contributed by atoms with van der Waals surface area (Å²) in [4.78, 5) is 6.76. The lowest BCUT2D eigenvalue weighted by Gasteiger charge is -2.30. The molecule has 19 heavy (non-hydrogen) atoms. The van der Waals surface area contributed by atoms with Gasteiger partial charge in [-0.25, -0.2) is 4.98 Å². The predicted octanol–water partition coefficient (Wildman–Crippen LogP) is 1.91. The average Bonchev–Trinajstić information content (AvgIpc) is 2.46. The zero-order valence-corrected chi connectivity index (χ0v) is 12.1. The highest BCUT2D eigenvalue weighted by Crippen LogP contribution is 2.15. The van der Waals surface area contributed by atoms with Crippen LogP contribution in [0.5, 0.6) is 5.88 Å². The summed E-state index contributed by atoms with van der Waals surface area (Å²) >= 11 is 0. The molecule has 0 unspecified atom stereocenters. The smallest absolute Gasteiger partial charge is 0.212 e. The Labute approximate surface area is 116 Å². The molecule has 1 N–H and O–H groups in total. The highest BCUT2D eigenvalue weighted by molar-refractivity contribution is 5.17. The molecule has 1 aliphatic heterocycles. The van der Waals surface area contributed by atoms with Crippen LogP contribution >= 0.6 is 0 Å². The van der Waals surface area contributed by atoms with Crippen molar-refractivity contribution in [3.63, 3.8) is 0 Å². The second-order valence-corrected chi connectivity index (χ2v) is 5.41. The first kappa shape index (κ1) is 14.3. The van der Waals surface area contributed by atoms with Crippen LogP contribution in [0, 0.1) is 5.92 Å². The van der Waals surface area contributed by atoms with E-state index in [0.29, 0.717) is 5.88 Å². The Bertz CT molecular complexity index is 358. The van der Waals surface area contributed by atoms with Gasteiger partial charge in [0.15, 0.2) is 0 Å². The van der Waals surface area contributed by atoms with Crippen LogP contribution in [0.3, 0.4) is 0 Å². The van der Waals surface area contributed by atoms with E-state index in [1.807, 2.05) is 12.3 Å². The van der Waals surface area contributed by atoms with Gasteiger partial charge in [0, 0.05) is 31.9 Å². The minimum atomic E-state index is 0.672. The first-order valence-corrected chi connectivity index (χ1v) is 7.20. The Morgan fingerprint density at radius 2 is 2.16 bits per heavy atom. The third kappa shape index (κ3) is 4.80. The van der Waals surface area contributed by atoms with Crippen LogP contribution in [-0.2, 0) is 6.54 Å². The van der Waals surface area contributed by atoms with E-state index in [1.165, 1.54) is 31.5 Å². The molecular weight excluding hydrogens is 238 g/mol. The standard InChI is InChI=1S/C15H25N3O/c1-13-5-8-18(9-6-13)10-7-16-11-14-3-4-15(19-2)17-12-14/h3-4,12-13,16H,5-11H2,1-2H3. The molecule has 0 atom stereocenters. The van der Waals surface area contributed by atoms with Crippen molar-refractivity contribution in [1.82, 2.24) is 15.2 Å². The Morgan fingerprint density at radius 3 is 2.79 bits per heavy atom. The normalized spacial score (nSPS) is 17.6. The van der Waals surface area contributed by atoms with Gasteiger partial charge in [-0.05, 0) is 37.4 Å². The van der Waals surface area contributed by atoms with Crippen LogP contribution in [0.1, 0.15) is 25.3 Å². The van der Waals surface area contributed by atoms with Gasteiger partial charge in [-0.1, -0.05) is 13.0 Å². The number of aromatic nitrogens is 1. The number of rotatable bonds is 6. The lowest BCUT2D eigenvalue weighted by Crippen LogP contribution is -2.37. The zero-order chi connectivity index (χ0) is 13.5. The van der Waals surface area contributed by atoms with Gasteiger partial charge >= 0.3 is 0 Å². The summed E-state index contributed by atoms with van der Waals surface area (Å²) in [5.41, 5.74) is 1.20. The molecule has 0 saturated carbocycles. The molecule has 0 spiro atoms. The van der Waals surface area contributed by atoms with Crippen molar-refractivity contribution in [3.8, 4) is 5.88 Å². The maximum atomic E-state index is 5.04. The largest absolute Gasteiger partial charge is 0.481 e. The van der Waals surface area contributed by atoms with Gasteiger partial charge in [-0.15, -0.1) is 0 Å². The minimum Gasteiger partial charge on any atom is -0.481 e. The molecule has 1 saturated heterocycles. The van der Waals surface area contributed by atoms with Crippen molar-refractivity contribution in [1.29, 1.82) is 0 Å². The molecule has 1 aromatic heterocycles. The second kappa shape index (κ2) is 7.46. The number of nitrogens with zero attached hydrogens (tertiary/aromatic N) is 2. The van der Waals surface area contributed by atoms with Gasteiger partial charge in [0.2, 0.25) is 5.88 Å². The van der Waals surface area contributed by atoms with Gasteiger partial charge < -0.3 is 15.0 Å². The van der Waals surface area contributed by atoms with Crippen LogP contribution in [0.4, 0.5) is 0 Å². The molecule has 0 aromatic carbocycles. The van der Waals surface area contributed by atoms with Gasteiger partial charge in [0.25, 0.3) is 0 Å². The van der Waals surface area contributed by atoms with Crippen LogP contribution in [0.2, 0.25) is 0 Å². The molecule has 1 aromatic rings. The van der Waals surface area contributed by atoms with E-state index in [1.54, 1.807) is 7.11 Å². The quantitative estimate of drug-likeness (QED) is 0.796. The summed E-state index contributed by atoms with van der Waals surface area (Å²) < 4.78 is 5.04. The molecule has 4 heteroatoms. The number of hydrogen-bond donors (Lipinski definition) is 1. The zero-order valence-electron chi connectivity index (χ0n) is 12.1. The van der Waals surface area contributed by atoms with Crippen LogP contribution in [-0.4, -0.2) is 43.2 Å². The van der Waals surface area contributed by atoms with Crippen molar-refractivity contribution in [2.75, 3.05) is 33.3 Å². The van der Waals surface area contributed by atoms with Crippen LogP contribution in [0.25, 0.3) is 0 Å². The summed E-state index contributed by atoms with van der Waals surface area (Å²) in [7, 11) is 1.64. The van der Waals surface area contributed by atoms with Crippen molar-refractivity contribution in [3.05, 3.63) is 23.9 Å². The molecule has 2 heterocycles. The Kier molecular flexibility index (Phi) is 5.61. The number of hydrogen-bond acceptors (Lipinski definition) is 4. The molecule has 1 fully saturated rings. The molecule has 0 bridgehead atoms. The van der Waals surface area contributed by atoms with E-state index in [0.717, 1.165) is 25.6 Å². The third-order valence-corrected chi connectivity index (χ3v) is 3.82. The number of likely N-dealkylation sites (tertiary alicyclic amines) is 1. The number of ether oxygens (including phenoxy) is 1. The highest BCUT2D eigenvalue weighted by Gasteiger charge is 2.14. The number of pyridine rings is 1. The van der Waals surface area contributed by atoms with Gasteiger partial charge in [0.1, 0.15) is 0 Å². The molecule has 0 radical (unpaired) electrons. The first-order valence-electron chi connectivity index (χ1n) is 7.20. The summed E-state index contributed by atoms with van der Waals surface area (Å²) in [6.07, 6.45) is 4.57. The van der Waals surface area contributed by atoms with E-state index < -0.39 is 0 Å². The fourth-order valence-corrected chi connectivity index (χ4v) is 2.39. The first-order chi connectivity index (χ1) is 9.28. The fraction of sp³-hybridized carbons (Fsp3) is 0.667. The predicted molar refractivity (Wildman–Crippen MR) is 77.3 cm³/mol. The highest BCUT2D eigenvalue weighted by atomic mass is 16.5. The maximum Gasteiger partial charge on any atom is 0.212 e. The van der Waals surface area contributed by atoms with Crippen molar-refractivity contribution >= 4 is 0 Å². The molecule has 4 nitrogen and oxygen atoms in total. The monoisotopic (exact) mass is 263 g/mol. The second-order valence-electron chi connectivity index (χ2n) is 5.41. The van der Waals surface area contributed by atoms with Gasteiger partial charge in [-0.2, -0.15) is 0 Å². The van der Waals surface area contributed by atoms with E-state index in [4.69, 9.17) is 4.74 Å². The van der Waals surface area contributed by atoms with Gasteiger partial charge in [0.05, 0.1) is 7.11 Å². The molecule has 1 aliphatic rings. The number of methoxy groups -OCH3 is 1. The third-order valence-electron chi connectivity index (χ3n) is 3.82. The summed E-state index contributed by atoms with van der Waals surface area (Å²) in [5.74, 6) is 1.58. The van der Waals surface area contributed by atoms with Crippen molar-refractivity contribution in [2.45, 2.75) is 26.3 Å². The van der Waals surface area contributed by atoms with Crippen molar-refractivity contribution < 1.29 is 4.74 Å². The Morgan fingerprint density at radius 1 is 1.37 bits per heavy atom. The summed E-state index contributed by atoms with van der Waals surface area (Å²) in [5, 5.41) is 3.48. The number of nitrogens with one attached hydrogen (secondary N) is 1. The fourth-order valence-electron chi connectivity index (χ4n) is 2.39. The van der Waals surface area contributed by atoms with E-state index in [2.05, 4.69) is 28.2 Å². The van der Waals surface area contributed by atoms with E-state index in [-0.39, 0.29) is 0 Å². The van der Waals surface area contributed by atoms with Crippen molar-refractivity contribution in [2.24, 2.45) is 5.92 Å². The Balaban J connectivity index is 1.61. The number of piperidine rings is 1. The topological polar surface area (TPSA) is 37.4 Å². The molecule has 2 rings (SSSR count). The maximum absolute atomic E-state index is 5.04. The Hall–Kier alpha value is -1.13. The SMILES string of the molecule is COc1ccc(CNCCN2CCC(C)CC2)cn1. The van der Waals surface area contributed by atoms with Gasteiger partial charge in [-0.3, -0.25) is 0 Å². The molecule has 0 aliphatic carbocycles. The summed E-state index contributed by atoms with van der Waals surface area (Å²) in [6.45, 7) is 7.93. The molecule has 0 amide bonds. The summed E-state index contributed by atoms with van der Waals surface area (Å²) in [6, 6.07) is 3.96.